The maximum atomic E-state index is 13.3. The number of aromatic nitrogens is 2. The summed E-state index contributed by atoms with van der Waals surface area (Å²) < 4.78 is 1.84. The summed E-state index contributed by atoms with van der Waals surface area (Å²) in [5, 5.41) is 8.05. The molecule has 1 amide bonds. The van der Waals surface area contributed by atoms with Crippen molar-refractivity contribution < 1.29 is 4.79 Å². The van der Waals surface area contributed by atoms with Crippen molar-refractivity contribution in [3.05, 3.63) is 114 Å². The van der Waals surface area contributed by atoms with Gasteiger partial charge in [-0.15, -0.1) is 0 Å². The smallest absolute Gasteiger partial charge is 0.258 e. The molecule has 1 aliphatic heterocycles. The number of carbonyl (C=O) groups excluding carboxylic acids is 1. The number of nitrogens with one attached hydrogen (secondary N) is 1. The number of rotatable bonds is 4. The van der Waals surface area contributed by atoms with E-state index in [2.05, 4.69) is 10.4 Å². The molecule has 0 aliphatic carbocycles. The number of anilines is 1. The van der Waals surface area contributed by atoms with Crippen molar-refractivity contribution in [2.24, 2.45) is 0 Å². The molecule has 1 atom stereocenters. The lowest BCUT2D eigenvalue weighted by Crippen LogP contribution is -2.42. The van der Waals surface area contributed by atoms with Gasteiger partial charge in [-0.2, -0.15) is 5.10 Å². The van der Waals surface area contributed by atoms with E-state index in [4.69, 9.17) is 0 Å². The molecule has 0 bridgehead atoms. The maximum absolute atomic E-state index is 13.3. The predicted octanol–water partition coefficient (Wildman–Crippen LogP) is 4.64. The molecular formula is C24H20N4O. The van der Waals surface area contributed by atoms with Crippen molar-refractivity contribution in [3.8, 4) is 5.69 Å². The molecule has 0 fully saturated rings. The number of para-hydroxylation sites is 2. The van der Waals surface area contributed by atoms with Crippen LogP contribution in [0.3, 0.4) is 0 Å². The average Bonchev–Trinajstić information content (AvgIpc) is 3.27. The fourth-order valence-electron chi connectivity index (χ4n) is 3.70. The molecule has 1 aliphatic rings. The Morgan fingerprint density at radius 1 is 0.862 bits per heavy atom. The minimum Gasteiger partial charge on any atom is -0.361 e. The number of carbonyl (C=O) groups is 1. The SMILES string of the molecule is O=C1c2ccccc2NC(c2cnn(-c3ccccc3)c2)N1Cc1ccccc1. The highest BCUT2D eigenvalue weighted by Gasteiger charge is 2.33. The van der Waals surface area contributed by atoms with E-state index in [9.17, 15) is 4.79 Å². The quantitative estimate of drug-likeness (QED) is 0.561. The van der Waals surface area contributed by atoms with Crippen LogP contribution in [0.25, 0.3) is 5.69 Å². The molecule has 2 heterocycles. The topological polar surface area (TPSA) is 50.2 Å². The molecule has 5 rings (SSSR count). The lowest BCUT2D eigenvalue weighted by Gasteiger charge is -2.37. The van der Waals surface area contributed by atoms with Crippen LogP contribution in [0.15, 0.2) is 97.3 Å². The van der Waals surface area contributed by atoms with Crippen molar-refractivity contribution >= 4 is 11.6 Å². The molecule has 1 unspecified atom stereocenters. The van der Waals surface area contributed by atoms with Crippen LogP contribution in [0.2, 0.25) is 0 Å². The standard InChI is InChI=1S/C24H20N4O/c29-24-21-13-7-8-14-22(21)26-23(27(24)16-18-9-3-1-4-10-18)19-15-25-28(17-19)20-11-5-2-6-12-20/h1-15,17,23,26H,16H2. The largest absolute Gasteiger partial charge is 0.361 e. The van der Waals surface area contributed by atoms with Crippen molar-refractivity contribution in [3.63, 3.8) is 0 Å². The van der Waals surface area contributed by atoms with E-state index in [-0.39, 0.29) is 12.1 Å². The van der Waals surface area contributed by atoms with Crippen molar-refractivity contribution in [2.45, 2.75) is 12.7 Å². The van der Waals surface area contributed by atoms with E-state index < -0.39 is 0 Å². The van der Waals surface area contributed by atoms with Gasteiger partial charge >= 0.3 is 0 Å². The van der Waals surface area contributed by atoms with E-state index in [1.54, 1.807) is 0 Å². The first-order valence-corrected chi connectivity index (χ1v) is 9.60. The van der Waals surface area contributed by atoms with Gasteiger partial charge in [0.2, 0.25) is 0 Å². The van der Waals surface area contributed by atoms with E-state index in [0.29, 0.717) is 12.1 Å². The number of hydrogen-bond donors (Lipinski definition) is 1. The zero-order valence-electron chi connectivity index (χ0n) is 15.8. The lowest BCUT2D eigenvalue weighted by atomic mass is 10.0. The van der Waals surface area contributed by atoms with Crippen LogP contribution in [0.5, 0.6) is 0 Å². The van der Waals surface area contributed by atoms with Gasteiger partial charge in [0.15, 0.2) is 0 Å². The van der Waals surface area contributed by atoms with Crippen LogP contribution in [0.1, 0.15) is 27.7 Å². The minimum atomic E-state index is -0.296. The number of hydrogen-bond acceptors (Lipinski definition) is 3. The summed E-state index contributed by atoms with van der Waals surface area (Å²) >= 11 is 0. The minimum absolute atomic E-state index is 0.0145. The van der Waals surface area contributed by atoms with Gasteiger partial charge < -0.3 is 10.2 Å². The van der Waals surface area contributed by atoms with E-state index >= 15 is 0 Å². The first-order chi connectivity index (χ1) is 14.3. The zero-order valence-corrected chi connectivity index (χ0v) is 15.8. The normalized spacial score (nSPS) is 15.7. The highest BCUT2D eigenvalue weighted by Crippen LogP contribution is 2.34. The van der Waals surface area contributed by atoms with Crippen LogP contribution >= 0.6 is 0 Å². The van der Waals surface area contributed by atoms with Crippen LogP contribution in [-0.2, 0) is 6.54 Å². The average molecular weight is 380 g/mol. The van der Waals surface area contributed by atoms with Gasteiger partial charge in [-0.1, -0.05) is 60.7 Å². The highest BCUT2D eigenvalue weighted by molar-refractivity contribution is 6.01. The summed E-state index contributed by atoms with van der Waals surface area (Å²) in [6, 6.07) is 27.7. The van der Waals surface area contributed by atoms with Crippen molar-refractivity contribution in [1.82, 2.24) is 14.7 Å². The fraction of sp³-hybridized carbons (Fsp3) is 0.0833. The summed E-state index contributed by atoms with van der Waals surface area (Å²) in [5.74, 6) is 0.0145. The molecule has 4 aromatic rings. The van der Waals surface area contributed by atoms with E-state index in [0.717, 1.165) is 22.5 Å². The number of fused-ring (bicyclic) bond motifs is 1. The molecule has 5 heteroatoms. The molecule has 1 N–H and O–H groups in total. The second kappa shape index (κ2) is 7.28. The molecule has 0 saturated carbocycles. The zero-order chi connectivity index (χ0) is 19.6. The number of benzene rings is 3. The number of nitrogens with zero attached hydrogens (tertiary/aromatic N) is 3. The molecule has 0 saturated heterocycles. The Morgan fingerprint density at radius 3 is 2.34 bits per heavy atom. The molecule has 0 spiro atoms. The van der Waals surface area contributed by atoms with Crippen molar-refractivity contribution in [2.75, 3.05) is 5.32 Å². The molecule has 3 aromatic carbocycles. The predicted molar refractivity (Wildman–Crippen MR) is 113 cm³/mol. The Morgan fingerprint density at radius 2 is 1.55 bits per heavy atom. The van der Waals surface area contributed by atoms with Gasteiger partial charge in [0.05, 0.1) is 17.4 Å². The highest BCUT2D eigenvalue weighted by atomic mass is 16.2. The molecular weight excluding hydrogens is 360 g/mol. The summed E-state index contributed by atoms with van der Waals surface area (Å²) in [5.41, 5.74) is 4.54. The number of amides is 1. The third kappa shape index (κ3) is 3.27. The lowest BCUT2D eigenvalue weighted by molar-refractivity contribution is 0.0666. The van der Waals surface area contributed by atoms with Gasteiger partial charge in [0.1, 0.15) is 6.17 Å². The molecule has 142 valence electrons. The summed E-state index contributed by atoms with van der Waals surface area (Å²) in [6.07, 6.45) is 3.51. The van der Waals surface area contributed by atoms with Crippen LogP contribution in [0.4, 0.5) is 5.69 Å². The van der Waals surface area contributed by atoms with Crippen LogP contribution in [-0.4, -0.2) is 20.6 Å². The molecule has 5 nitrogen and oxygen atoms in total. The van der Waals surface area contributed by atoms with E-state index in [1.165, 1.54) is 0 Å². The van der Waals surface area contributed by atoms with E-state index in [1.807, 2.05) is 107 Å². The van der Waals surface area contributed by atoms with Gasteiger partial charge in [0.25, 0.3) is 5.91 Å². The second-order valence-corrected chi connectivity index (χ2v) is 7.06. The third-order valence-electron chi connectivity index (χ3n) is 5.16. The second-order valence-electron chi connectivity index (χ2n) is 7.06. The van der Waals surface area contributed by atoms with Gasteiger partial charge in [0, 0.05) is 24.0 Å². The van der Waals surface area contributed by atoms with Gasteiger partial charge in [-0.25, -0.2) is 4.68 Å². The van der Waals surface area contributed by atoms with Crippen molar-refractivity contribution in [1.29, 1.82) is 0 Å². The summed E-state index contributed by atoms with van der Waals surface area (Å²) in [6.45, 7) is 0.516. The molecule has 1 aromatic heterocycles. The Hall–Kier alpha value is -3.86. The summed E-state index contributed by atoms with van der Waals surface area (Å²) in [4.78, 5) is 15.2. The Balaban J connectivity index is 1.54. The first-order valence-electron chi connectivity index (χ1n) is 9.60. The first kappa shape index (κ1) is 17.3. The van der Waals surface area contributed by atoms with Gasteiger partial charge in [-0.05, 0) is 29.8 Å². The Kier molecular flexibility index (Phi) is 4.33. The third-order valence-corrected chi connectivity index (χ3v) is 5.16. The Labute approximate surface area is 169 Å². The summed E-state index contributed by atoms with van der Waals surface area (Å²) in [7, 11) is 0. The molecule has 29 heavy (non-hydrogen) atoms. The monoisotopic (exact) mass is 380 g/mol. The Bertz CT molecular complexity index is 1140. The van der Waals surface area contributed by atoms with Crippen LogP contribution < -0.4 is 5.32 Å². The van der Waals surface area contributed by atoms with Gasteiger partial charge in [-0.3, -0.25) is 4.79 Å². The van der Waals surface area contributed by atoms with Crippen LogP contribution in [0, 0.1) is 0 Å². The molecule has 0 radical (unpaired) electrons. The maximum Gasteiger partial charge on any atom is 0.258 e. The fourth-order valence-corrected chi connectivity index (χ4v) is 3.70.